The second-order valence-electron chi connectivity index (χ2n) is 14.2. The molecule has 3 unspecified atom stereocenters. The molecule has 0 fully saturated rings. The lowest BCUT2D eigenvalue weighted by Gasteiger charge is -2.42. The summed E-state index contributed by atoms with van der Waals surface area (Å²) in [4.78, 5) is 26.4. The molecule has 7 nitrogen and oxygen atoms in total. The Morgan fingerprint density at radius 1 is 0.689 bits per heavy atom. The highest BCUT2D eigenvalue weighted by molar-refractivity contribution is 6.74. The van der Waals surface area contributed by atoms with Gasteiger partial charge in [0.15, 0.2) is 8.32 Å². The monoisotopic (exact) mass is 632 g/mol. The van der Waals surface area contributed by atoms with Crippen LogP contribution in [0.3, 0.4) is 0 Å². The molecule has 3 rings (SSSR count). The molecule has 0 aliphatic heterocycles. The lowest BCUT2D eigenvalue weighted by molar-refractivity contribution is 0.0412. The summed E-state index contributed by atoms with van der Waals surface area (Å²) in [6.45, 7) is 16.7. The van der Waals surface area contributed by atoms with Crippen molar-refractivity contribution in [1.29, 1.82) is 0 Å². The maximum Gasteiger partial charge on any atom is 0.407 e. The van der Waals surface area contributed by atoms with Crippen molar-refractivity contribution in [3.05, 3.63) is 108 Å². The molecular formula is C37H52N2O5Si. The highest BCUT2D eigenvalue weighted by Gasteiger charge is 2.42. The molecule has 8 heteroatoms. The van der Waals surface area contributed by atoms with E-state index < -0.39 is 38.3 Å². The van der Waals surface area contributed by atoms with E-state index >= 15 is 0 Å². The fourth-order valence-electron chi connectivity index (χ4n) is 4.76. The molecule has 3 aromatic carbocycles. The topological polar surface area (TPSA) is 85.9 Å². The van der Waals surface area contributed by atoms with Gasteiger partial charge in [-0.1, -0.05) is 112 Å². The van der Waals surface area contributed by atoms with Gasteiger partial charge >= 0.3 is 12.2 Å². The number of carbonyl (C=O) groups is 2. The molecule has 0 saturated heterocycles. The molecular weight excluding hydrogens is 581 g/mol. The Hall–Kier alpha value is -3.62. The van der Waals surface area contributed by atoms with Gasteiger partial charge in [0.05, 0.1) is 12.1 Å². The van der Waals surface area contributed by atoms with Gasteiger partial charge in [0.1, 0.15) is 12.2 Å². The van der Waals surface area contributed by atoms with Gasteiger partial charge in [-0.15, -0.1) is 0 Å². The average Bonchev–Trinajstić information content (AvgIpc) is 2.95. The van der Waals surface area contributed by atoms with Crippen LogP contribution in [0.4, 0.5) is 9.59 Å². The highest BCUT2D eigenvalue weighted by Crippen LogP contribution is 2.38. The first-order valence-corrected chi connectivity index (χ1v) is 18.7. The summed E-state index contributed by atoms with van der Waals surface area (Å²) in [7, 11) is -2.34. The van der Waals surface area contributed by atoms with Gasteiger partial charge in [0.2, 0.25) is 0 Å². The first kappa shape index (κ1) is 35.9. The predicted octanol–water partition coefficient (Wildman–Crippen LogP) is 8.44. The molecule has 0 aromatic heterocycles. The number of hydrogen-bond donors (Lipinski definition) is 2. The third-order valence-electron chi connectivity index (χ3n) is 8.08. The van der Waals surface area contributed by atoms with E-state index in [0.29, 0.717) is 19.3 Å². The summed E-state index contributed by atoms with van der Waals surface area (Å²) in [6, 6.07) is 29.0. The molecule has 0 aliphatic rings. The van der Waals surface area contributed by atoms with Crippen LogP contribution in [0.5, 0.6) is 0 Å². The number of carbonyl (C=O) groups excluding carboxylic acids is 2. The zero-order valence-electron chi connectivity index (χ0n) is 28.3. The SMILES string of the molecule is CC(C)(C)OC(=O)NC(Cc1ccccc1)C(CC(Cc1ccccc1)NC(=O)OCc1ccccc1)O[Si](C)(C)C(C)(C)C. The Bertz CT molecular complexity index is 1320. The Kier molecular flexibility index (Phi) is 12.8. The third kappa shape index (κ3) is 12.7. The quantitative estimate of drug-likeness (QED) is 0.185. The zero-order valence-corrected chi connectivity index (χ0v) is 29.3. The average molecular weight is 633 g/mol. The van der Waals surface area contributed by atoms with Crippen molar-refractivity contribution >= 4 is 20.5 Å². The van der Waals surface area contributed by atoms with Gasteiger partial charge < -0.3 is 24.5 Å². The highest BCUT2D eigenvalue weighted by atomic mass is 28.4. The largest absolute Gasteiger partial charge is 0.445 e. The van der Waals surface area contributed by atoms with Gasteiger partial charge in [0.25, 0.3) is 0 Å². The number of hydrogen-bond acceptors (Lipinski definition) is 5. The van der Waals surface area contributed by atoms with Gasteiger partial charge in [-0.25, -0.2) is 9.59 Å². The van der Waals surface area contributed by atoms with E-state index in [1.54, 1.807) is 0 Å². The van der Waals surface area contributed by atoms with Crippen LogP contribution >= 0.6 is 0 Å². The van der Waals surface area contributed by atoms with E-state index in [0.717, 1.165) is 16.7 Å². The second kappa shape index (κ2) is 16.1. The molecule has 2 amide bonds. The van der Waals surface area contributed by atoms with Crippen LogP contribution in [0.2, 0.25) is 18.1 Å². The molecule has 0 spiro atoms. The number of amides is 2. The van der Waals surface area contributed by atoms with Crippen molar-refractivity contribution in [1.82, 2.24) is 10.6 Å². The summed E-state index contributed by atoms with van der Waals surface area (Å²) in [6.07, 6.45) is 0.142. The van der Waals surface area contributed by atoms with Crippen LogP contribution in [0.15, 0.2) is 91.0 Å². The Morgan fingerprint density at radius 2 is 1.18 bits per heavy atom. The minimum atomic E-state index is -2.34. The molecule has 0 saturated carbocycles. The van der Waals surface area contributed by atoms with Gasteiger partial charge in [-0.2, -0.15) is 0 Å². The summed E-state index contributed by atoms with van der Waals surface area (Å²) in [5.74, 6) is 0. The fourth-order valence-corrected chi connectivity index (χ4v) is 6.13. The van der Waals surface area contributed by atoms with E-state index in [9.17, 15) is 9.59 Å². The van der Waals surface area contributed by atoms with E-state index in [1.807, 2.05) is 112 Å². The molecule has 45 heavy (non-hydrogen) atoms. The van der Waals surface area contributed by atoms with Gasteiger partial charge in [-0.3, -0.25) is 0 Å². The lowest BCUT2D eigenvalue weighted by Crippen LogP contribution is -2.55. The predicted molar refractivity (Wildman–Crippen MR) is 184 cm³/mol. The van der Waals surface area contributed by atoms with E-state index in [-0.39, 0.29) is 17.7 Å². The molecule has 0 bridgehead atoms. The van der Waals surface area contributed by atoms with Crippen LogP contribution < -0.4 is 10.6 Å². The minimum absolute atomic E-state index is 0.0779. The molecule has 3 atom stereocenters. The Balaban J connectivity index is 1.96. The Morgan fingerprint density at radius 3 is 1.67 bits per heavy atom. The second-order valence-corrected chi connectivity index (χ2v) is 18.9. The first-order valence-electron chi connectivity index (χ1n) is 15.8. The number of rotatable bonds is 13. The van der Waals surface area contributed by atoms with E-state index in [2.05, 4.69) is 44.5 Å². The summed E-state index contributed by atoms with van der Waals surface area (Å²) in [5, 5.41) is 6.21. The van der Waals surface area contributed by atoms with Crippen LogP contribution in [-0.2, 0) is 33.3 Å². The molecule has 3 aromatic rings. The third-order valence-corrected chi connectivity index (χ3v) is 12.6. The van der Waals surface area contributed by atoms with Crippen molar-refractivity contribution in [2.75, 3.05) is 0 Å². The van der Waals surface area contributed by atoms with Crippen molar-refractivity contribution in [2.45, 2.75) is 109 Å². The van der Waals surface area contributed by atoms with Crippen molar-refractivity contribution < 1.29 is 23.5 Å². The van der Waals surface area contributed by atoms with E-state index in [1.165, 1.54) is 0 Å². The zero-order chi connectivity index (χ0) is 33.1. The van der Waals surface area contributed by atoms with Crippen molar-refractivity contribution in [3.8, 4) is 0 Å². The molecule has 0 radical (unpaired) electrons. The summed E-state index contributed by atoms with van der Waals surface area (Å²) < 4.78 is 18.5. The lowest BCUT2D eigenvalue weighted by atomic mass is 9.94. The molecule has 0 aliphatic carbocycles. The number of ether oxygens (including phenoxy) is 2. The molecule has 2 N–H and O–H groups in total. The van der Waals surface area contributed by atoms with Crippen LogP contribution in [0.1, 0.15) is 64.7 Å². The van der Waals surface area contributed by atoms with Gasteiger partial charge in [-0.05, 0) is 74.9 Å². The van der Waals surface area contributed by atoms with Crippen molar-refractivity contribution in [2.24, 2.45) is 0 Å². The molecule has 244 valence electrons. The van der Waals surface area contributed by atoms with Crippen LogP contribution in [0.25, 0.3) is 0 Å². The van der Waals surface area contributed by atoms with Gasteiger partial charge in [0, 0.05) is 6.04 Å². The number of alkyl carbamates (subject to hydrolysis) is 2. The summed E-state index contributed by atoms with van der Waals surface area (Å²) >= 11 is 0. The minimum Gasteiger partial charge on any atom is -0.445 e. The normalized spacial score (nSPS) is 14.1. The fraction of sp³-hybridized carbons (Fsp3) is 0.459. The Labute approximate surface area is 271 Å². The number of benzene rings is 3. The van der Waals surface area contributed by atoms with Crippen LogP contribution in [-0.4, -0.2) is 44.3 Å². The first-order chi connectivity index (χ1) is 21.1. The standard InChI is InChI=1S/C37H52N2O5Si/c1-36(2,3)43-35(41)39-32(25-29-20-14-10-15-21-29)33(44-45(7,8)37(4,5)6)26-31(24-28-18-12-9-13-19-28)38-34(40)42-27-30-22-16-11-17-23-30/h9-23,31-33H,24-27H2,1-8H3,(H,38,40)(H,39,41). The van der Waals surface area contributed by atoms with Crippen LogP contribution in [0, 0.1) is 0 Å². The molecule has 0 heterocycles. The maximum atomic E-state index is 13.2. The summed E-state index contributed by atoms with van der Waals surface area (Å²) in [5.41, 5.74) is 2.40. The maximum absolute atomic E-state index is 13.2. The van der Waals surface area contributed by atoms with E-state index in [4.69, 9.17) is 13.9 Å². The van der Waals surface area contributed by atoms with Crippen molar-refractivity contribution in [3.63, 3.8) is 0 Å². The number of nitrogens with one attached hydrogen (secondary N) is 2. The smallest absolute Gasteiger partial charge is 0.407 e.